The van der Waals surface area contributed by atoms with Gasteiger partial charge in [-0.2, -0.15) is 0 Å². The van der Waals surface area contributed by atoms with Crippen molar-refractivity contribution in [2.45, 2.75) is 53.5 Å². The zero-order valence-electron chi connectivity index (χ0n) is 14.1. The molecule has 1 N–H and O–H groups in total. The fourth-order valence-electron chi connectivity index (χ4n) is 2.29. The number of ketones is 1. The Morgan fingerprint density at radius 2 is 1.95 bits per heavy atom. The molecule has 4 heteroatoms. The van der Waals surface area contributed by atoms with E-state index in [1.807, 2.05) is 52.0 Å². The maximum atomic E-state index is 12.7. The lowest BCUT2D eigenvalue weighted by Crippen LogP contribution is -2.47. The van der Waals surface area contributed by atoms with E-state index in [1.165, 1.54) is 6.92 Å². The van der Waals surface area contributed by atoms with Crippen molar-refractivity contribution < 1.29 is 9.59 Å². The first kappa shape index (κ1) is 18.7. The standard InChI is InChI=1S/C18H26ClNO2/c1-12(2)11-16(13(3)21)20-17(22)18(4,5)14-7-6-8-15(19)10-9-14/h6-7,9-10,12,16H,8,11H2,1-5H3,(H,20,22)/t16-/m0/s1. The largest absolute Gasteiger partial charge is 0.346 e. The molecule has 3 nitrogen and oxygen atoms in total. The van der Waals surface area contributed by atoms with Crippen LogP contribution in [-0.4, -0.2) is 17.7 Å². The molecule has 0 saturated carbocycles. The molecule has 0 fully saturated rings. The Kier molecular flexibility index (Phi) is 6.61. The van der Waals surface area contributed by atoms with Gasteiger partial charge in [0.05, 0.1) is 11.5 Å². The third-order valence-electron chi connectivity index (χ3n) is 3.85. The maximum absolute atomic E-state index is 12.7. The highest BCUT2D eigenvalue weighted by molar-refractivity contribution is 6.29. The molecule has 1 aliphatic rings. The van der Waals surface area contributed by atoms with Crippen molar-refractivity contribution in [3.05, 3.63) is 34.9 Å². The summed E-state index contributed by atoms with van der Waals surface area (Å²) in [5.74, 6) is 0.192. The summed E-state index contributed by atoms with van der Waals surface area (Å²) in [6.45, 7) is 9.32. The van der Waals surface area contributed by atoms with Gasteiger partial charge in [0.25, 0.3) is 0 Å². The van der Waals surface area contributed by atoms with E-state index >= 15 is 0 Å². The summed E-state index contributed by atoms with van der Waals surface area (Å²) in [5.41, 5.74) is 0.159. The molecule has 122 valence electrons. The number of nitrogens with one attached hydrogen (secondary N) is 1. The quantitative estimate of drug-likeness (QED) is 0.798. The molecule has 0 aromatic heterocycles. The van der Waals surface area contributed by atoms with Gasteiger partial charge >= 0.3 is 0 Å². The molecule has 0 saturated heterocycles. The fraction of sp³-hybridized carbons (Fsp3) is 0.556. The monoisotopic (exact) mass is 323 g/mol. The van der Waals surface area contributed by atoms with Crippen molar-refractivity contribution in [1.82, 2.24) is 5.32 Å². The van der Waals surface area contributed by atoms with E-state index in [4.69, 9.17) is 11.6 Å². The normalized spacial score (nSPS) is 16.7. The molecule has 0 radical (unpaired) electrons. The Labute approximate surface area is 138 Å². The Bertz CT molecular complexity index is 527. The molecule has 1 aliphatic carbocycles. The van der Waals surface area contributed by atoms with Crippen molar-refractivity contribution in [2.75, 3.05) is 0 Å². The molecule has 1 atom stereocenters. The van der Waals surface area contributed by atoms with Crippen LogP contribution in [0.4, 0.5) is 0 Å². The van der Waals surface area contributed by atoms with Crippen molar-refractivity contribution in [1.29, 1.82) is 0 Å². The second-order valence-electron chi connectivity index (χ2n) is 6.73. The van der Waals surface area contributed by atoms with E-state index in [2.05, 4.69) is 5.32 Å². The number of rotatable bonds is 6. The van der Waals surface area contributed by atoms with Gasteiger partial charge in [0, 0.05) is 11.5 Å². The predicted molar refractivity (Wildman–Crippen MR) is 91.6 cm³/mol. The second kappa shape index (κ2) is 7.77. The summed E-state index contributed by atoms with van der Waals surface area (Å²) in [6.07, 6.45) is 8.89. The lowest BCUT2D eigenvalue weighted by Gasteiger charge is -2.28. The highest BCUT2D eigenvalue weighted by atomic mass is 35.5. The second-order valence-corrected chi connectivity index (χ2v) is 7.22. The Morgan fingerprint density at radius 3 is 2.50 bits per heavy atom. The van der Waals surface area contributed by atoms with Gasteiger partial charge in [-0.05, 0) is 44.8 Å². The molecule has 0 bridgehead atoms. The van der Waals surface area contributed by atoms with Crippen molar-refractivity contribution in [3.8, 4) is 0 Å². The number of allylic oxidation sites excluding steroid dienone is 5. The van der Waals surface area contributed by atoms with Crippen LogP contribution in [0.1, 0.15) is 47.5 Å². The van der Waals surface area contributed by atoms with Gasteiger partial charge in [0.1, 0.15) is 0 Å². The fourth-order valence-corrected chi connectivity index (χ4v) is 2.44. The minimum absolute atomic E-state index is 0.00817. The summed E-state index contributed by atoms with van der Waals surface area (Å²) in [5, 5.41) is 3.64. The Balaban J connectivity index is 2.92. The number of hydrogen-bond acceptors (Lipinski definition) is 2. The van der Waals surface area contributed by atoms with Crippen LogP contribution < -0.4 is 5.32 Å². The summed E-state index contributed by atoms with van der Waals surface area (Å²) < 4.78 is 0. The summed E-state index contributed by atoms with van der Waals surface area (Å²) >= 11 is 6.02. The van der Waals surface area contributed by atoms with Crippen LogP contribution in [0.15, 0.2) is 34.9 Å². The van der Waals surface area contributed by atoms with Crippen LogP contribution in [0, 0.1) is 11.3 Å². The van der Waals surface area contributed by atoms with E-state index in [0.717, 1.165) is 10.6 Å². The van der Waals surface area contributed by atoms with E-state index in [-0.39, 0.29) is 11.7 Å². The third kappa shape index (κ3) is 5.13. The molecular formula is C18H26ClNO2. The minimum atomic E-state index is -0.723. The zero-order valence-corrected chi connectivity index (χ0v) is 14.8. The van der Waals surface area contributed by atoms with E-state index in [1.54, 1.807) is 0 Å². The molecule has 0 unspecified atom stereocenters. The smallest absolute Gasteiger partial charge is 0.230 e. The SMILES string of the molecule is CC(=O)[C@H](CC(C)C)NC(=O)C(C)(C)C1=CC=C(Cl)CC=C1. The highest BCUT2D eigenvalue weighted by Gasteiger charge is 2.33. The van der Waals surface area contributed by atoms with Gasteiger partial charge in [-0.25, -0.2) is 0 Å². The summed E-state index contributed by atoms with van der Waals surface area (Å²) in [4.78, 5) is 24.4. The minimum Gasteiger partial charge on any atom is -0.346 e. The van der Waals surface area contributed by atoms with Gasteiger partial charge < -0.3 is 5.32 Å². The lowest BCUT2D eigenvalue weighted by molar-refractivity contribution is -0.131. The molecule has 1 rings (SSSR count). The number of halogens is 1. The number of amides is 1. The highest BCUT2D eigenvalue weighted by Crippen LogP contribution is 2.30. The number of carbonyl (C=O) groups excluding carboxylic acids is 2. The van der Waals surface area contributed by atoms with Crippen molar-refractivity contribution in [3.63, 3.8) is 0 Å². The Hall–Kier alpha value is -1.35. The molecule has 0 heterocycles. The van der Waals surface area contributed by atoms with Crippen LogP contribution in [0.25, 0.3) is 0 Å². The van der Waals surface area contributed by atoms with Gasteiger partial charge in [-0.3, -0.25) is 9.59 Å². The summed E-state index contributed by atoms with van der Waals surface area (Å²) in [7, 11) is 0. The van der Waals surface area contributed by atoms with Crippen LogP contribution in [0.5, 0.6) is 0 Å². The first-order chi connectivity index (χ1) is 10.1. The van der Waals surface area contributed by atoms with E-state index in [0.29, 0.717) is 18.8 Å². The molecule has 0 spiro atoms. The average Bonchev–Trinajstić information content (AvgIpc) is 2.62. The molecule has 0 aromatic rings. The van der Waals surface area contributed by atoms with E-state index in [9.17, 15) is 9.59 Å². The average molecular weight is 324 g/mol. The first-order valence-corrected chi connectivity index (χ1v) is 8.07. The summed E-state index contributed by atoms with van der Waals surface area (Å²) in [6, 6.07) is -0.429. The first-order valence-electron chi connectivity index (χ1n) is 7.69. The maximum Gasteiger partial charge on any atom is 0.230 e. The number of hydrogen-bond donors (Lipinski definition) is 1. The van der Waals surface area contributed by atoms with Crippen LogP contribution in [0.3, 0.4) is 0 Å². The Morgan fingerprint density at radius 1 is 1.32 bits per heavy atom. The lowest BCUT2D eigenvalue weighted by atomic mass is 9.82. The third-order valence-corrected chi connectivity index (χ3v) is 4.13. The molecule has 0 aromatic carbocycles. The van der Waals surface area contributed by atoms with Crippen LogP contribution >= 0.6 is 11.6 Å². The van der Waals surface area contributed by atoms with Crippen LogP contribution in [0.2, 0.25) is 0 Å². The topological polar surface area (TPSA) is 46.2 Å². The van der Waals surface area contributed by atoms with Gasteiger partial charge in [0.15, 0.2) is 5.78 Å². The van der Waals surface area contributed by atoms with Crippen molar-refractivity contribution >= 4 is 23.3 Å². The molecule has 1 amide bonds. The zero-order chi connectivity index (χ0) is 16.9. The van der Waals surface area contributed by atoms with E-state index < -0.39 is 11.5 Å². The molecule has 0 aliphatic heterocycles. The van der Waals surface area contributed by atoms with Gasteiger partial charge in [-0.1, -0.05) is 43.7 Å². The molecule has 22 heavy (non-hydrogen) atoms. The van der Waals surface area contributed by atoms with Gasteiger partial charge in [-0.15, -0.1) is 0 Å². The van der Waals surface area contributed by atoms with Crippen LogP contribution in [-0.2, 0) is 9.59 Å². The number of Topliss-reactive ketones (excluding diaryl/α,β-unsaturated/α-hetero) is 1. The predicted octanol–water partition coefficient (Wildman–Crippen LogP) is 4.14. The number of carbonyl (C=O) groups is 2. The molecular weight excluding hydrogens is 298 g/mol. The van der Waals surface area contributed by atoms with Gasteiger partial charge in [0.2, 0.25) is 5.91 Å². The van der Waals surface area contributed by atoms with Crippen molar-refractivity contribution in [2.24, 2.45) is 11.3 Å².